The van der Waals surface area contributed by atoms with Crippen LogP contribution in [0.25, 0.3) is 5.69 Å². The highest BCUT2D eigenvalue weighted by Gasteiger charge is 2.33. The van der Waals surface area contributed by atoms with E-state index in [4.69, 9.17) is 9.63 Å². The molecule has 0 fully saturated rings. The number of aromatic carboxylic acids is 1. The van der Waals surface area contributed by atoms with Crippen molar-refractivity contribution in [1.29, 1.82) is 0 Å². The van der Waals surface area contributed by atoms with Crippen molar-refractivity contribution in [3.8, 4) is 5.69 Å². The summed E-state index contributed by atoms with van der Waals surface area (Å²) in [7, 11) is 0. The molecule has 0 spiro atoms. The lowest BCUT2D eigenvalue weighted by atomic mass is 10.0. The number of anilines is 1. The van der Waals surface area contributed by atoms with Crippen LogP contribution in [-0.2, 0) is 4.79 Å². The number of carbonyl (C=O) groups excluding carboxylic acids is 1. The van der Waals surface area contributed by atoms with Crippen LogP contribution in [0.4, 0.5) is 5.82 Å². The van der Waals surface area contributed by atoms with Crippen LogP contribution in [0.3, 0.4) is 0 Å². The number of carboxylic acids is 1. The van der Waals surface area contributed by atoms with Crippen LogP contribution in [-0.4, -0.2) is 37.7 Å². The lowest BCUT2D eigenvalue weighted by Gasteiger charge is -2.14. The maximum Gasteiger partial charge on any atom is 0.335 e. The van der Waals surface area contributed by atoms with Gasteiger partial charge in [-0.25, -0.2) is 9.48 Å². The lowest BCUT2D eigenvalue weighted by Crippen LogP contribution is -2.15. The number of hydrogen-bond acceptors (Lipinski definition) is 6. The third-order valence-corrected chi connectivity index (χ3v) is 5.95. The van der Waals surface area contributed by atoms with E-state index in [0.29, 0.717) is 23.0 Å². The van der Waals surface area contributed by atoms with Gasteiger partial charge >= 0.3 is 5.97 Å². The summed E-state index contributed by atoms with van der Waals surface area (Å²) in [6.45, 7) is 5.64. The molecule has 28 heavy (non-hydrogen) atoms. The highest BCUT2D eigenvalue weighted by atomic mass is 32.2. The van der Waals surface area contributed by atoms with Crippen LogP contribution in [0.2, 0.25) is 0 Å². The summed E-state index contributed by atoms with van der Waals surface area (Å²) >= 11 is 1.51. The minimum atomic E-state index is -0.995. The fourth-order valence-electron chi connectivity index (χ4n) is 3.41. The largest absolute Gasteiger partial charge is 0.478 e. The van der Waals surface area contributed by atoms with Crippen LogP contribution in [0.1, 0.15) is 43.9 Å². The molecule has 1 amide bonds. The normalized spacial score (nSPS) is 16.4. The number of aryl methyl sites for hydroxylation is 3. The Bertz CT molecular complexity index is 1060. The van der Waals surface area contributed by atoms with Gasteiger partial charge in [-0.05, 0) is 45.0 Å². The number of carbonyl (C=O) groups is 2. The van der Waals surface area contributed by atoms with E-state index in [2.05, 4.69) is 15.6 Å². The molecule has 3 heterocycles. The number of hydrogen-bond donors (Lipinski definition) is 2. The second-order valence-electron chi connectivity index (χ2n) is 6.59. The van der Waals surface area contributed by atoms with Gasteiger partial charge in [0.25, 0.3) is 0 Å². The third kappa shape index (κ3) is 2.97. The maximum absolute atomic E-state index is 12.4. The molecule has 1 aliphatic rings. The van der Waals surface area contributed by atoms with Crippen LogP contribution in [0.5, 0.6) is 0 Å². The number of benzene rings is 1. The molecule has 1 atom stereocenters. The number of fused-ring (bicyclic) bond motifs is 1. The van der Waals surface area contributed by atoms with Crippen LogP contribution in [0.15, 0.2) is 28.8 Å². The summed E-state index contributed by atoms with van der Waals surface area (Å²) in [5, 5.41) is 20.6. The SMILES string of the molecule is Cc1noc(C)c1[C@@H]1SCC(=O)Nc2c1c(C)nn2-c1ccc(C(=O)O)cc1. The average molecular weight is 398 g/mol. The lowest BCUT2D eigenvalue weighted by molar-refractivity contribution is -0.113. The molecule has 8 nitrogen and oxygen atoms in total. The molecule has 0 aliphatic carbocycles. The Hall–Kier alpha value is -3.07. The van der Waals surface area contributed by atoms with Gasteiger partial charge in [0.15, 0.2) is 0 Å². The van der Waals surface area contributed by atoms with Crippen LogP contribution < -0.4 is 5.32 Å². The maximum atomic E-state index is 12.4. The van der Waals surface area contributed by atoms with E-state index in [1.807, 2.05) is 20.8 Å². The summed E-state index contributed by atoms with van der Waals surface area (Å²) in [6.07, 6.45) is 0. The van der Waals surface area contributed by atoms with Crippen molar-refractivity contribution in [2.75, 3.05) is 11.1 Å². The molecular weight excluding hydrogens is 380 g/mol. The number of rotatable bonds is 3. The van der Waals surface area contributed by atoms with Crippen molar-refractivity contribution in [2.45, 2.75) is 26.0 Å². The second kappa shape index (κ2) is 6.83. The standard InChI is InChI=1S/C19H18N4O4S/c1-9-16-17(15-10(2)22-27-11(15)3)28-8-14(24)20-18(16)23(21-9)13-6-4-12(5-7-13)19(25)26/h4-7,17H,8H2,1-3H3,(H,20,24)(H,25,26)/t17-/m0/s1. The van der Waals surface area contributed by atoms with Gasteiger partial charge in [0, 0.05) is 11.1 Å². The Morgan fingerprint density at radius 1 is 1.21 bits per heavy atom. The summed E-state index contributed by atoms with van der Waals surface area (Å²) in [5.41, 5.74) is 4.26. The molecule has 0 unspecified atom stereocenters. The first-order chi connectivity index (χ1) is 13.4. The highest BCUT2D eigenvalue weighted by molar-refractivity contribution is 8.00. The molecule has 1 aromatic carbocycles. The molecule has 4 rings (SSSR count). The Balaban J connectivity index is 1.88. The molecular formula is C19H18N4O4S. The van der Waals surface area contributed by atoms with Crippen molar-refractivity contribution in [3.05, 3.63) is 58.1 Å². The number of nitrogens with zero attached hydrogens (tertiary/aromatic N) is 3. The Morgan fingerprint density at radius 3 is 2.54 bits per heavy atom. The molecule has 144 valence electrons. The van der Waals surface area contributed by atoms with Gasteiger partial charge in [-0.1, -0.05) is 5.16 Å². The van der Waals surface area contributed by atoms with Crippen LogP contribution in [0, 0.1) is 20.8 Å². The predicted molar refractivity (Wildman–Crippen MR) is 104 cm³/mol. The quantitative estimate of drug-likeness (QED) is 0.697. The number of nitrogens with one attached hydrogen (secondary N) is 1. The fraction of sp³-hybridized carbons (Fsp3) is 0.263. The zero-order valence-electron chi connectivity index (χ0n) is 15.5. The van der Waals surface area contributed by atoms with Crippen molar-refractivity contribution < 1.29 is 19.2 Å². The predicted octanol–water partition coefficient (Wildman–Crippen LogP) is 3.26. The minimum Gasteiger partial charge on any atom is -0.478 e. The minimum absolute atomic E-state index is 0.121. The molecule has 0 saturated heterocycles. The molecule has 0 saturated carbocycles. The number of amides is 1. The van der Waals surface area contributed by atoms with Gasteiger partial charge in [-0.2, -0.15) is 5.10 Å². The van der Waals surface area contributed by atoms with Gasteiger partial charge in [0.05, 0.1) is 33.6 Å². The van der Waals surface area contributed by atoms with E-state index in [1.165, 1.54) is 23.9 Å². The Morgan fingerprint density at radius 2 is 1.93 bits per heavy atom. The fourth-order valence-corrected chi connectivity index (χ4v) is 4.75. The molecule has 9 heteroatoms. The van der Waals surface area contributed by atoms with E-state index in [0.717, 1.165) is 22.5 Å². The molecule has 0 bridgehead atoms. The number of thioether (sulfide) groups is 1. The summed E-state index contributed by atoms with van der Waals surface area (Å²) in [5.74, 6) is 0.476. The van der Waals surface area contributed by atoms with E-state index in [-0.39, 0.29) is 16.7 Å². The smallest absolute Gasteiger partial charge is 0.335 e. The van der Waals surface area contributed by atoms with Gasteiger partial charge < -0.3 is 14.9 Å². The number of carboxylic acid groups (broad SMARTS) is 1. The van der Waals surface area contributed by atoms with Crippen molar-refractivity contribution in [3.63, 3.8) is 0 Å². The third-order valence-electron chi connectivity index (χ3n) is 4.72. The zero-order chi connectivity index (χ0) is 20.0. The first kappa shape index (κ1) is 18.3. The topological polar surface area (TPSA) is 110 Å². The molecule has 2 aromatic heterocycles. The van der Waals surface area contributed by atoms with Gasteiger partial charge in [0.1, 0.15) is 11.6 Å². The molecule has 2 N–H and O–H groups in total. The first-order valence-corrected chi connectivity index (χ1v) is 9.69. The Labute approximate surface area is 164 Å². The van der Waals surface area contributed by atoms with Crippen molar-refractivity contribution in [2.24, 2.45) is 0 Å². The second-order valence-corrected chi connectivity index (χ2v) is 7.68. The zero-order valence-corrected chi connectivity index (χ0v) is 16.3. The first-order valence-electron chi connectivity index (χ1n) is 8.64. The summed E-state index contributed by atoms with van der Waals surface area (Å²) < 4.78 is 6.99. The molecule has 3 aromatic rings. The van der Waals surface area contributed by atoms with Gasteiger partial charge in [-0.3, -0.25) is 4.79 Å². The summed E-state index contributed by atoms with van der Waals surface area (Å²) in [4.78, 5) is 23.5. The molecule has 1 aliphatic heterocycles. The van der Waals surface area contributed by atoms with Crippen LogP contribution >= 0.6 is 11.8 Å². The van der Waals surface area contributed by atoms with E-state index in [9.17, 15) is 9.59 Å². The van der Waals surface area contributed by atoms with E-state index < -0.39 is 5.97 Å². The van der Waals surface area contributed by atoms with Gasteiger partial charge in [0.2, 0.25) is 5.91 Å². The van der Waals surface area contributed by atoms with E-state index in [1.54, 1.807) is 16.8 Å². The highest BCUT2D eigenvalue weighted by Crippen LogP contribution is 2.45. The van der Waals surface area contributed by atoms with E-state index >= 15 is 0 Å². The average Bonchev–Trinajstić information content (AvgIpc) is 3.09. The van der Waals surface area contributed by atoms with Crippen molar-refractivity contribution >= 4 is 29.5 Å². The Kier molecular flexibility index (Phi) is 4.46. The van der Waals surface area contributed by atoms with Crippen molar-refractivity contribution in [1.82, 2.24) is 14.9 Å². The molecule has 0 radical (unpaired) electrons. The summed E-state index contributed by atoms with van der Waals surface area (Å²) in [6, 6.07) is 6.37. The monoisotopic (exact) mass is 398 g/mol. The number of aromatic nitrogens is 3. The van der Waals surface area contributed by atoms with Gasteiger partial charge in [-0.15, -0.1) is 11.8 Å².